The van der Waals surface area contributed by atoms with Gasteiger partial charge in [-0.25, -0.2) is 9.97 Å². The highest BCUT2D eigenvalue weighted by Crippen LogP contribution is 2.42. The van der Waals surface area contributed by atoms with Gasteiger partial charge in [-0.3, -0.25) is 24.9 Å². The van der Waals surface area contributed by atoms with E-state index in [2.05, 4.69) is 20.6 Å². The molecule has 12 nitrogen and oxygen atoms in total. The number of aryl methyl sites for hydroxylation is 2. The molecule has 1 amide bonds. The number of non-ortho nitro benzene ring substituents is 1. The summed E-state index contributed by atoms with van der Waals surface area (Å²) in [5, 5.41) is 18.2. The SMILES string of the molecule is COc1nc(-c2cccc(-c3cccc(-c4cnc(CNCCCc5ccc([N+](=O)[O-])cc5)c(OC)n4)c3Cl)c2Cl)cnc1CCC[C@@H]1CCC(=O)N1. The van der Waals surface area contributed by atoms with E-state index in [1.807, 2.05) is 36.4 Å². The third-order valence-electron chi connectivity index (χ3n) is 9.16. The second-order valence-electron chi connectivity index (χ2n) is 12.7. The Kier molecular flexibility index (Phi) is 12.5. The quantitative estimate of drug-likeness (QED) is 0.0579. The van der Waals surface area contributed by atoms with Gasteiger partial charge in [0, 0.05) is 53.4 Å². The molecular formula is C39H39Cl2N7O5. The van der Waals surface area contributed by atoms with Gasteiger partial charge < -0.3 is 20.1 Å². The van der Waals surface area contributed by atoms with Gasteiger partial charge in [0.15, 0.2) is 0 Å². The van der Waals surface area contributed by atoms with E-state index in [1.54, 1.807) is 38.7 Å². The third kappa shape index (κ3) is 9.08. The molecule has 0 radical (unpaired) electrons. The molecule has 3 aromatic carbocycles. The summed E-state index contributed by atoms with van der Waals surface area (Å²) in [7, 11) is 3.13. The molecule has 1 aliphatic rings. The Hall–Kier alpha value is -5.17. The lowest BCUT2D eigenvalue weighted by molar-refractivity contribution is -0.384. The first-order valence-corrected chi connectivity index (χ1v) is 18.1. The zero-order valence-electron chi connectivity index (χ0n) is 29.4. The van der Waals surface area contributed by atoms with E-state index in [-0.39, 0.29) is 17.6 Å². The lowest BCUT2D eigenvalue weighted by Crippen LogP contribution is -2.25. The van der Waals surface area contributed by atoms with Crippen molar-refractivity contribution in [2.45, 2.75) is 57.5 Å². The van der Waals surface area contributed by atoms with Gasteiger partial charge in [-0.2, -0.15) is 0 Å². The van der Waals surface area contributed by atoms with Crippen LogP contribution in [0.3, 0.4) is 0 Å². The summed E-state index contributed by atoms with van der Waals surface area (Å²) in [4.78, 5) is 40.8. The second-order valence-corrected chi connectivity index (χ2v) is 13.4. The van der Waals surface area contributed by atoms with Gasteiger partial charge in [0.2, 0.25) is 17.7 Å². The van der Waals surface area contributed by atoms with E-state index >= 15 is 0 Å². The molecule has 14 heteroatoms. The lowest BCUT2D eigenvalue weighted by Gasteiger charge is -2.15. The maximum absolute atomic E-state index is 11.5. The zero-order valence-corrected chi connectivity index (χ0v) is 30.9. The van der Waals surface area contributed by atoms with E-state index in [1.165, 1.54) is 12.1 Å². The molecule has 2 N–H and O–H groups in total. The molecule has 0 aliphatic carbocycles. The fraction of sp³-hybridized carbons (Fsp3) is 0.308. The Morgan fingerprint density at radius 3 is 1.98 bits per heavy atom. The number of amides is 1. The van der Waals surface area contributed by atoms with Crippen LogP contribution in [0, 0.1) is 10.1 Å². The number of hydrogen-bond donors (Lipinski definition) is 2. The van der Waals surface area contributed by atoms with Crippen LogP contribution in [0.1, 0.15) is 49.1 Å². The number of nitro groups is 1. The molecule has 6 rings (SSSR count). The minimum atomic E-state index is -0.399. The fourth-order valence-electron chi connectivity index (χ4n) is 6.37. The number of nitrogens with one attached hydrogen (secondary N) is 2. The summed E-state index contributed by atoms with van der Waals surface area (Å²) in [6.45, 7) is 1.16. The van der Waals surface area contributed by atoms with Crippen LogP contribution in [-0.4, -0.2) is 57.6 Å². The highest BCUT2D eigenvalue weighted by Gasteiger charge is 2.22. The van der Waals surface area contributed by atoms with Crippen molar-refractivity contribution >= 4 is 34.8 Å². The van der Waals surface area contributed by atoms with Crippen LogP contribution in [0.15, 0.2) is 73.1 Å². The number of ether oxygens (including phenoxy) is 2. The van der Waals surface area contributed by atoms with Crippen LogP contribution in [0.2, 0.25) is 10.0 Å². The summed E-state index contributed by atoms with van der Waals surface area (Å²) >= 11 is 14.1. The summed E-state index contributed by atoms with van der Waals surface area (Å²) in [6.07, 6.45) is 8.86. The molecule has 2 aromatic heterocycles. The number of hydrogen-bond acceptors (Lipinski definition) is 10. The van der Waals surface area contributed by atoms with Gasteiger partial charge in [0.1, 0.15) is 11.4 Å². The molecule has 0 spiro atoms. The third-order valence-corrected chi connectivity index (χ3v) is 9.97. The topological polar surface area (TPSA) is 154 Å². The number of nitro benzene ring substituents is 1. The van der Waals surface area contributed by atoms with Crippen molar-refractivity contribution in [1.82, 2.24) is 30.6 Å². The van der Waals surface area contributed by atoms with Crippen LogP contribution in [-0.2, 0) is 24.2 Å². The summed E-state index contributed by atoms with van der Waals surface area (Å²) in [5.41, 5.74) is 6.42. The largest absolute Gasteiger partial charge is 0.480 e. The van der Waals surface area contributed by atoms with E-state index in [0.29, 0.717) is 87.1 Å². The van der Waals surface area contributed by atoms with Crippen molar-refractivity contribution in [2.24, 2.45) is 0 Å². The maximum Gasteiger partial charge on any atom is 0.269 e. The molecule has 0 saturated carbocycles. The van der Waals surface area contributed by atoms with Crippen LogP contribution < -0.4 is 20.1 Å². The van der Waals surface area contributed by atoms with Crippen molar-refractivity contribution in [3.8, 4) is 45.4 Å². The van der Waals surface area contributed by atoms with Crippen LogP contribution in [0.5, 0.6) is 11.8 Å². The van der Waals surface area contributed by atoms with E-state index in [0.717, 1.165) is 43.4 Å². The zero-order chi connectivity index (χ0) is 37.3. The average Bonchev–Trinajstić information content (AvgIpc) is 3.59. The Labute approximate surface area is 317 Å². The molecule has 1 atom stereocenters. The molecule has 1 aliphatic heterocycles. The molecule has 0 bridgehead atoms. The molecule has 53 heavy (non-hydrogen) atoms. The van der Waals surface area contributed by atoms with E-state index in [9.17, 15) is 14.9 Å². The molecule has 5 aromatic rings. The van der Waals surface area contributed by atoms with E-state index < -0.39 is 4.92 Å². The van der Waals surface area contributed by atoms with Crippen LogP contribution in [0.25, 0.3) is 33.6 Å². The van der Waals surface area contributed by atoms with Crippen molar-refractivity contribution in [1.29, 1.82) is 0 Å². The Bertz CT molecular complexity index is 2100. The molecule has 274 valence electrons. The Morgan fingerprint density at radius 2 is 1.42 bits per heavy atom. The summed E-state index contributed by atoms with van der Waals surface area (Å²) in [6, 6.07) is 18.2. The van der Waals surface area contributed by atoms with Crippen molar-refractivity contribution in [2.75, 3.05) is 20.8 Å². The monoisotopic (exact) mass is 755 g/mol. The van der Waals surface area contributed by atoms with Gasteiger partial charge in [-0.15, -0.1) is 0 Å². The summed E-state index contributed by atoms with van der Waals surface area (Å²) < 4.78 is 11.2. The first kappa shape index (κ1) is 37.6. The minimum absolute atomic E-state index is 0.0849. The standard InChI is InChI=1S/C39H39Cl2N7O5/c1-52-38-31(13-3-8-25-16-19-35(49)45-25)43-22-32(46-38)29-11-4-9-27(36(29)40)28-10-5-12-30(37(28)41)33-23-44-34(39(47-33)53-2)21-42-20-6-7-24-14-17-26(18-15-24)48(50)51/h4-5,9-12,14-15,17-18,22-23,25,42H,3,6-8,13,16,19-21H2,1-2H3,(H,45,49)/t25-/m1/s1. The number of methoxy groups -OCH3 is 2. The highest BCUT2D eigenvalue weighted by atomic mass is 35.5. The van der Waals surface area contributed by atoms with Gasteiger partial charge in [0.05, 0.1) is 53.0 Å². The highest BCUT2D eigenvalue weighted by molar-refractivity contribution is 6.39. The van der Waals surface area contributed by atoms with E-state index in [4.69, 9.17) is 42.6 Å². The molecular weight excluding hydrogens is 717 g/mol. The number of carbonyl (C=O) groups excluding carboxylic acids is 1. The van der Waals surface area contributed by atoms with Crippen LogP contribution in [0.4, 0.5) is 5.69 Å². The average molecular weight is 757 g/mol. The Morgan fingerprint density at radius 1 is 0.830 bits per heavy atom. The minimum Gasteiger partial charge on any atom is -0.480 e. The lowest BCUT2D eigenvalue weighted by atomic mass is 9.98. The predicted octanol–water partition coefficient (Wildman–Crippen LogP) is 7.82. The molecule has 0 unspecified atom stereocenters. The molecule has 1 fully saturated rings. The first-order valence-electron chi connectivity index (χ1n) is 17.4. The van der Waals surface area contributed by atoms with Gasteiger partial charge >= 0.3 is 0 Å². The van der Waals surface area contributed by atoms with Crippen molar-refractivity contribution in [3.05, 3.63) is 110 Å². The number of halogens is 2. The van der Waals surface area contributed by atoms with Gasteiger partial charge in [-0.05, 0) is 50.6 Å². The summed E-state index contributed by atoms with van der Waals surface area (Å²) in [5.74, 6) is 0.935. The van der Waals surface area contributed by atoms with Crippen molar-refractivity contribution < 1.29 is 19.2 Å². The van der Waals surface area contributed by atoms with Crippen LogP contribution >= 0.6 is 23.2 Å². The normalized spacial score (nSPS) is 13.9. The number of benzene rings is 3. The molecule has 1 saturated heterocycles. The number of rotatable bonds is 16. The first-order chi connectivity index (χ1) is 25.7. The number of nitrogens with zero attached hydrogens (tertiary/aromatic N) is 5. The molecule has 3 heterocycles. The smallest absolute Gasteiger partial charge is 0.269 e. The Balaban J connectivity index is 1.14. The second kappa shape index (κ2) is 17.6. The maximum atomic E-state index is 11.5. The van der Waals surface area contributed by atoms with Gasteiger partial charge in [-0.1, -0.05) is 71.7 Å². The van der Waals surface area contributed by atoms with Crippen molar-refractivity contribution in [3.63, 3.8) is 0 Å². The van der Waals surface area contributed by atoms with Gasteiger partial charge in [0.25, 0.3) is 5.69 Å². The predicted molar refractivity (Wildman–Crippen MR) is 204 cm³/mol. The number of aromatic nitrogens is 4. The number of carbonyl (C=O) groups is 1. The fourth-order valence-corrected chi connectivity index (χ4v) is 7.02.